The van der Waals surface area contributed by atoms with Crippen LogP contribution < -0.4 is 11.5 Å². The van der Waals surface area contributed by atoms with Crippen LogP contribution in [0.15, 0.2) is 207 Å². The lowest BCUT2D eigenvalue weighted by Gasteiger charge is -2.38. The van der Waals surface area contributed by atoms with Crippen molar-refractivity contribution in [1.82, 2.24) is 54.6 Å². The van der Waals surface area contributed by atoms with E-state index in [2.05, 4.69) is 179 Å². The number of likely N-dealkylation sites (tertiary alicyclic amines) is 3. The SMILES string of the molecule is CC#Cc1cccc(-c2cc([C@]3(C)CC(=O)N(C)C(N)=N3)no2)c1.CC#Cc1cccc(-c2csc([C@@]3(C)CC(=N)N(Cc4ccncc4)C(=O)C3)c2)c1.CC#Cc1cccc(-c2csc([C@@]3(C)CC(=N)N(Cc4nccs4)C(=O)C3)c2)c1.CC#Cc1cncc(-c2csc([C@@]3(C)CC(=N)N(C)C(=O)C3)c2)c1.CC#Cc1cncc(-c2ncc([C@@]3(C)N=C(N)N(C)C(=O)C3C)s2)c1. The Morgan fingerprint density at radius 1 is 0.439 bits per heavy atom. The number of nitrogens with two attached hydrogens (primary N) is 2. The van der Waals surface area contributed by atoms with Crippen molar-refractivity contribution >= 4 is 116 Å². The smallest absolute Gasteiger partial charge is 0.234 e. The fraction of sp³-hybridized carbons (Fsp3) is 0.282. The van der Waals surface area contributed by atoms with E-state index in [4.69, 9.17) is 32.2 Å². The van der Waals surface area contributed by atoms with Crippen LogP contribution in [0.1, 0.15) is 185 Å². The molecule has 668 valence electrons. The quantitative estimate of drug-likeness (QED) is 0.0632. The highest BCUT2D eigenvalue weighted by Gasteiger charge is 2.47. The van der Waals surface area contributed by atoms with Gasteiger partial charge in [-0.15, -0.1) is 86.3 Å². The fourth-order valence-corrected chi connectivity index (χ4v) is 20.7. The van der Waals surface area contributed by atoms with Crippen molar-refractivity contribution in [2.24, 2.45) is 27.4 Å². The molecule has 29 heteroatoms. The first-order valence-electron chi connectivity index (χ1n) is 42.4. The molecule has 5 aliphatic heterocycles. The number of aliphatic imine (C=N–C) groups is 2. The van der Waals surface area contributed by atoms with E-state index in [1.165, 1.54) is 37.4 Å². The first kappa shape index (κ1) is 95.4. The van der Waals surface area contributed by atoms with Crippen molar-refractivity contribution < 1.29 is 28.5 Å². The molecule has 3 saturated heterocycles. The number of carbonyl (C=O) groups is 5. The number of nitrogens with one attached hydrogen (secondary N) is 3. The van der Waals surface area contributed by atoms with E-state index in [9.17, 15) is 24.0 Å². The summed E-state index contributed by atoms with van der Waals surface area (Å²) >= 11 is 7.98. The maximum atomic E-state index is 13.0. The number of hydrogen-bond donors (Lipinski definition) is 5. The summed E-state index contributed by atoms with van der Waals surface area (Å²) in [5, 5.41) is 39.2. The van der Waals surface area contributed by atoms with Crippen LogP contribution in [0, 0.1) is 81.4 Å². The zero-order valence-corrected chi connectivity index (χ0v) is 80.0. The Morgan fingerprint density at radius 3 is 1.39 bits per heavy atom. The summed E-state index contributed by atoms with van der Waals surface area (Å²) in [7, 11) is 4.92. The molecule has 5 amide bonds. The number of piperidine rings is 3. The molecular weight excluding hydrogens is 1750 g/mol. The normalized spacial score (nSPS) is 20.3. The van der Waals surface area contributed by atoms with Crippen molar-refractivity contribution in [1.29, 1.82) is 16.2 Å². The van der Waals surface area contributed by atoms with Crippen LogP contribution in [0.5, 0.6) is 0 Å². The van der Waals surface area contributed by atoms with Gasteiger partial charge in [0.1, 0.15) is 44.3 Å². The molecule has 1 unspecified atom stereocenters. The number of pyridine rings is 3. The number of guanidine groups is 2. The van der Waals surface area contributed by atoms with E-state index in [1.54, 1.807) is 128 Å². The van der Waals surface area contributed by atoms with E-state index in [0.29, 0.717) is 80.6 Å². The number of nitrogens with zero attached hydrogens (tertiary/aromatic N) is 13. The molecular formula is C103H100N18O6S5. The van der Waals surface area contributed by atoms with E-state index in [1.807, 2.05) is 126 Å². The van der Waals surface area contributed by atoms with Crippen molar-refractivity contribution in [3.63, 3.8) is 0 Å². The lowest BCUT2D eigenvalue weighted by atomic mass is 9.77. The third kappa shape index (κ3) is 21.9. The highest BCUT2D eigenvalue weighted by molar-refractivity contribution is 7.15. The van der Waals surface area contributed by atoms with Crippen LogP contribution in [0.4, 0.5) is 0 Å². The van der Waals surface area contributed by atoms with Crippen LogP contribution in [-0.4, -0.2) is 135 Å². The molecule has 17 rings (SSSR count). The van der Waals surface area contributed by atoms with Gasteiger partial charge in [-0.3, -0.25) is 74.8 Å². The van der Waals surface area contributed by atoms with Crippen LogP contribution in [0.25, 0.3) is 55.3 Å². The van der Waals surface area contributed by atoms with Gasteiger partial charge in [0.05, 0.1) is 30.3 Å². The van der Waals surface area contributed by atoms with Gasteiger partial charge in [0.2, 0.25) is 29.5 Å². The molecule has 14 heterocycles. The number of thiazole rings is 2. The molecule has 0 bridgehead atoms. The average molecular weight is 1850 g/mol. The maximum absolute atomic E-state index is 13.0. The molecule has 3 fully saturated rings. The summed E-state index contributed by atoms with van der Waals surface area (Å²) in [5.74, 6) is 31.4. The summed E-state index contributed by atoms with van der Waals surface area (Å²) in [4.78, 5) is 104. The van der Waals surface area contributed by atoms with Gasteiger partial charge in [-0.2, -0.15) is 0 Å². The highest BCUT2D eigenvalue weighted by Crippen LogP contribution is 2.47. The summed E-state index contributed by atoms with van der Waals surface area (Å²) in [5.41, 5.74) is 23.8. The van der Waals surface area contributed by atoms with Crippen molar-refractivity contribution in [3.05, 3.63) is 256 Å². The first-order valence-corrected chi connectivity index (χ1v) is 46.7. The van der Waals surface area contributed by atoms with Crippen molar-refractivity contribution in [3.8, 4) is 114 Å². The van der Waals surface area contributed by atoms with Crippen LogP contribution in [0.2, 0.25) is 0 Å². The molecule has 0 saturated carbocycles. The molecule has 3 aromatic carbocycles. The molecule has 0 aliphatic carbocycles. The Kier molecular flexibility index (Phi) is 29.8. The minimum Gasteiger partial charge on any atom is -0.369 e. The molecule has 9 aromatic heterocycles. The Balaban J connectivity index is 0.000000141. The number of aromatic nitrogens is 6. The van der Waals surface area contributed by atoms with Gasteiger partial charge < -0.3 is 20.9 Å². The molecule has 6 atom stereocenters. The second-order valence-corrected chi connectivity index (χ2v) is 38.4. The largest absolute Gasteiger partial charge is 0.369 e. The Labute approximate surface area is 789 Å². The van der Waals surface area contributed by atoms with Crippen LogP contribution in [-0.2, 0) is 64.4 Å². The Hall–Kier alpha value is -14.2. The van der Waals surface area contributed by atoms with E-state index in [-0.39, 0.29) is 70.0 Å². The molecule has 5 aliphatic rings. The number of thiophene rings is 3. The standard InChI is InChI=1S/C25H23N3OS.C23H21N3OS2.C19H19N3OS.C18H19N5OS.C18H18N4O2/c1-3-5-18-6-4-7-20(12-18)21-13-22(30-17-21)25(2)14-23(26)28(24(29)15-25)16-19-8-10-27-11-9-19;1-3-5-16-6-4-7-17(10-16)18-11-19(29-15-18)23(2)12-20(24)26(22(27)13-23)14-21-25-8-9-28-21;1-4-5-13-6-14(11-21-10-13)15-7-16(24-12-15)19(2)8-17(20)22(3)18(23)9-19;1-5-6-12-7-13(9-20-8-12)15-21-10-14(25-15)18(3)11(2)16(24)23(4)17(19)22-18;1-4-6-12-7-5-8-13(9-12)14-10-15(21-24-14)18(2)11-16(23)22(3)17(19)20-18/h4,6-13,17,26H,14-16H2,1-2H3;4,6-11,15,24H,12-14H2,1-2H3;6-7,10-12,20H,8-9H2,1-3H3;7-11H,1-4H3,(H2,19,22);5,7-10H,11H2,1-3H3,(H2,19,20)/t25-;23-;19-;11?,18-;18-/m00000/s1. The van der Waals surface area contributed by atoms with Crippen LogP contribution in [0.3, 0.4) is 0 Å². The lowest BCUT2D eigenvalue weighted by molar-refractivity contribution is -0.133. The highest BCUT2D eigenvalue weighted by atomic mass is 32.1. The monoisotopic (exact) mass is 1840 g/mol. The van der Waals surface area contributed by atoms with E-state index >= 15 is 0 Å². The van der Waals surface area contributed by atoms with Gasteiger partial charge in [0, 0.05) is 196 Å². The minimum atomic E-state index is -0.823. The van der Waals surface area contributed by atoms with E-state index in [0.717, 1.165) is 107 Å². The average Bonchev–Trinajstić information content (AvgIpc) is 1.46. The fourth-order valence-electron chi connectivity index (χ4n) is 15.8. The summed E-state index contributed by atoms with van der Waals surface area (Å²) < 4.78 is 5.47. The van der Waals surface area contributed by atoms with Gasteiger partial charge in [0.25, 0.3) is 0 Å². The number of carbonyl (C=O) groups excluding carboxylic acids is 5. The maximum Gasteiger partial charge on any atom is 0.234 e. The molecule has 132 heavy (non-hydrogen) atoms. The van der Waals surface area contributed by atoms with E-state index < -0.39 is 11.1 Å². The van der Waals surface area contributed by atoms with Crippen LogP contribution >= 0.6 is 56.7 Å². The molecule has 7 N–H and O–H groups in total. The number of benzene rings is 3. The van der Waals surface area contributed by atoms with Gasteiger partial charge >= 0.3 is 0 Å². The second-order valence-electron chi connectivity index (χ2n) is 33.6. The predicted molar refractivity (Wildman–Crippen MR) is 528 cm³/mol. The molecule has 0 radical (unpaired) electrons. The number of hydrogen-bond acceptors (Lipinski definition) is 24. The minimum absolute atomic E-state index is 0.000676. The number of rotatable bonds is 14. The van der Waals surface area contributed by atoms with Gasteiger partial charge in [-0.05, 0) is 177 Å². The third-order valence-corrected chi connectivity index (χ3v) is 29.3. The number of amides is 5. The lowest BCUT2D eigenvalue weighted by Crippen LogP contribution is -2.52. The van der Waals surface area contributed by atoms with Gasteiger partial charge in [-0.1, -0.05) is 98.9 Å². The Morgan fingerprint density at radius 2 is 0.894 bits per heavy atom. The summed E-state index contributed by atoms with van der Waals surface area (Å²) in [6.45, 7) is 21.8. The van der Waals surface area contributed by atoms with Crippen molar-refractivity contribution in [2.75, 3.05) is 21.1 Å². The summed E-state index contributed by atoms with van der Waals surface area (Å²) in [6, 6.07) is 40.1. The van der Waals surface area contributed by atoms with Gasteiger partial charge in [-0.25, -0.2) is 20.0 Å². The first-order chi connectivity index (χ1) is 63.2. The van der Waals surface area contributed by atoms with Crippen molar-refractivity contribution in [2.45, 2.75) is 162 Å². The Bertz CT molecular complexity index is 6780. The summed E-state index contributed by atoms with van der Waals surface area (Å²) in [6.07, 6.45) is 17.1. The zero-order valence-electron chi connectivity index (χ0n) is 75.9. The van der Waals surface area contributed by atoms with Gasteiger partial charge in [0.15, 0.2) is 17.7 Å². The predicted octanol–water partition coefficient (Wildman–Crippen LogP) is 18.5. The zero-order chi connectivity index (χ0) is 94.4. The topological polar surface area (TPSA) is 340 Å². The number of amidine groups is 3. The molecule has 12 aromatic rings. The molecule has 24 nitrogen and oxygen atoms in total. The second kappa shape index (κ2) is 41.3. The molecule has 0 spiro atoms. The third-order valence-electron chi connectivity index (χ3n) is 23.6.